The molecular weight excluding hydrogens is 708 g/mol. The van der Waals surface area contributed by atoms with Crippen LogP contribution in [0.25, 0.3) is 0 Å². The number of fused-ring (bicyclic) bond motifs is 2. The van der Waals surface area contributed by atoms with Crippen molar-refractivity contribution in [3.63, 3.8) is 0 Å². The van der Waals surface area contributed by atoms with Crippen molar-refractivity contribution < 1.29 is 53.4 Å². The summed E-state index contributed by atoms with van der Waals surface area (Å²) in [6, 6.07) is 11.8. The third kappa shape index (κ3) is 9.58. The quantitative estimate of drug-likeness (QED) is 0.0556. The highest BCUT2D eigenvalue weighted by Gasteiger charge is 2.65. The molecule has 13 nitrogen and oxygen atoms in total. The first-order valence-electron chi connectivity index (χ1n) is 19.4. The van der Waals surface area contributed by atoms with E-state index in [1.54, 1.807) is 35.2 Å². The number of carbonyl (C=O) groups excluding carboxylic acids is 2. The zero-order valence-electron chi connectivity index (χ0n) is 32.0. The Labute approximate surface area is 323 Å². The van der Waals surface area contributed by atoms with Gasteiger partial charge in [0.1, 0.15) is 36.2 Å². The Morgan fingerprint density at radius 3 is 2.53 bits per heavy atom. The minimum Gasteiger partial charge on any atom is -0.459 e. The molecule has 0 spiro atoms. The van der Waals surface area contributed by atoms with Crippen molar-refractivity contribution in [2.24, 2.45) is 22.9 Å². The normalized spacial score (nSPS) is 24.5. The molecule has 1 fully saturated rings. The van der Waals surface area contributed by atoms with Gasteiger partial charge < -0.3 is 43.8 Å². The van der Waals surface area contributed by atoms with E-state index < -0.39 is 23.8 Å². The van der Waals surface area contributed by atoms with Gasteiger partial charge in [-0.15, -0.1) is 6.58 Å². The lowest BCUT2D eigenvalue weighted by molar-refractivity contribution is -0.255. The van der Waals surface area contributed by atoms with Crippen molar-refractivity contribution in [1.29, 1.82) is 0 Å². The van der Waals surface area contributed by atoms with E-state index >= 15 is 0 Å². The number of allylic oxidation sites excluding steroid dienone is 1. The summed E-state index contributed by atoms with van der Waals surface area (Å²) in [6.07, 6.45) is 8.77. The fraction of sp³-hybridized carbons (Fsp3) is 0.548. The highest BCUT2D eigenvalue weighted by atomic mass is 16.7. The van der Waals surface area contributed by atoms with Gasteiger partial charge in [0.05, 0.1) is 45.2 Å². The summed E-state index contributed by atoms with van der Waals surface area (Å²) in [5.74, 6) is -0.505. The fourth-order valence-corrected chi connectivity index (χ4v) is 8.46. The molecule has 3 N–H and O–H groups in total. The average Bonchev–Trinajstić information content (AvgIpc) is 3.20. The Morgan fingerprint density at radius 1 is 1.04 bits per heavy atom. The average molecular weight is 765 g/mol. The van der Waals surface area contributed by atoms with Crippen molar-refractivity contribution in [2.45, 2.75) is 69.6 Å². The van der Waals surface area contributed by atoms with Crippen LogP contribution in [0.2, 0.25) is 0 Å². The zero-order valence-corrected chi connectivity index (χ0v) is 32.0. The molecule has 55 heavy (non-hydrogen) atoms. The van der Waals surface area contributed by atoms with Gasteiger partial charge in [-0.25, -0.2) is 4.79 Å². The third-order valence-corrected chi connectivity index (χ3v) is 10.7. The number of rotatable bonds is 22. The lowest BCUT2D eigenvalue weighted by Crippen LogP contribution is -2.70. The summed E-state index contributed by atoms with van der Waals surface area (Å²) in [7, 11) is 1.32. The fourth-order valence-electron chi connectivity index (χ4n) is 8.46. The van der Waals surface area contributed by atoms with Crippen LogP contribution in [-0.2, 0) is 19.0 Å². The van der Waals surface area contributed by atoms with Crippen molar-refractivity contribution in [1.82, 2.24) is 4.90 Å². The van der Waals surface area contributed by atoms with Gasteiger partial charge in [-0.2, -0.15) is 0 Å². The standard InChI is InChI=1S/C42H56N2O11/c1-4-21-52-42-38(44(41(49)50-3)17-22-51-23-20-47)27-36(43-53-5-2)34-25-30(12-6-8-18-45)33(14-7-9-19-46)39(40(34)42)35-26-32(15-16-37(35)55-42)54-31-13-10-11-29(24-31)28-48/h4,10-11,13,15-16,24-26,28,30,33,38-40,45-47H,1,5-9,12,14,17-23,27H2,2-3H3. The van der Waals surface area contributed by atoms with Crippen LogP contribution in [0, 0.1) is 17.8 Å². The number of methoxy groups -OCH3 is 1. The molecule has 0 radical (unpaired) electrons. The van der Waals surface area contributed by atoms with Gasteiger partial charge >= 0.3 is 6.09 Å². The lowest BCUT2D eigenvalue weighted by atomic mass is 9.55. The van der Waals surface area contributed by atoms with Gasteiger partial charge in [-0.3, -0.25) is 9.69 Å². The van der Waals surface area contributed by atoms with E-state index in [0.29, 0.717) is 48.0 Å². The number of ether oxygens (including phenoxy) is 5. The van der Waals surface area contributed by atoms with Crippen molar-refractivity contribution in [3.05, 3.63) is 77.9 Å². The maximum absolute atomic E-state index is 13.8. The number of unbranched alkanes of at least 4 members (excludes halogenated alkanes) is 2. The Morgan fingerprint density at radius 2 is 1.82 bits per heavy atom. The molecule has 300 valence electrons. The molecule has 1 amide bonds. The Kier molecular flexibility index (Phi) is 15.7. The van der Waals surface area contributed by atoms with Crippen LogP contribution in [0.5, 0.6) is 17.2 Å². The van der Waals surface area contributed by atoms with Crippen LogP contribution in [0.15, 0.2) is 71.9 Å². The minimum absolute atomic E-state index is 0.0218. The third-order valence-electron chi connectivity index (χ3n) is 10.7. The number of amides is 1. The maximum atomic E-state index is 13.8. The molecule has 0 saturated heterocycles. The molecule has 1 saturated carbocycles. The maximum Gasteiger partial charge on any atom is 0.410 e. The van der Waals surface area contributed by atoms with Crippen LogP contribution in [-0.4, -0.2) is 110 Å². The number of oxime groups is 1. The molecule has 2 aliphatic carbocycles. The minimum atomic E-state index is -1.46. The summed E-state index contributed by atoms with van der Waals surface area (Å²) in [4.78, 5) is 32.7. The lowest BCUT2D eigenvalue weighted by Gasteiger charge is -2.59. The molecule has 3 aliphatic rings. The second-order valence-corrected chi connectivity index (χ2v) is 14.0. The van der Waals surface area contributed by atoms with E-state index in [1.165, 1.54) is 7.11 Å². The first-order valence-corrected chi connectivity index (χ1v) is 19.4. The molecule has 2 aromatic carbocycles. The van der Waals surface area contributed by atoms with Gasteiger partial charge in [0, 0.05) is 43.2 Å². The molecule has 6 atom stereocenters. The number of benzene rings is 2. The number of aliphatic hydroxyl groups is 3. The first-order chi connectivity index (χ1) is 26.9. The zero-order chi connectivity index (χ0) is 39.2. The number of hydrogen-bond donors (Lipinski definition) is 3. The summed E-state index contributed by atoms with van der Waals surface area (Å²) < 4.78 is 31.4. The van der Waals surface area contributed by atoms with Gasteiger partial charge in [0.25, 0.3) is 0 Å². The van der Waals surface area contributed by atoms with Crippen molar-refractivity contribution >= 4 is 18.1 Å². The van der Waals surface area contributed by atoms with E-state index in [0.717, 1.165) is 43.1 Å². The van der Waals surface area contributed by atoms with Crippen molar-refractivity contribution in [2.75, 3.05) is 59.9 Å². The van der Waals surface area contributed by atoms with E-state index in [9.17, 15) is 24.9 Å². The molecule has 1 aliphatic heterocycles. The van der Waals surface area contributed by atoms with Crippen LogP contribution >= 0.6 is 0 Å². The predicted molar refractivity (Wildman–Crippen MR) is 206 cm³/mol. The largest absolute Gasteiger partial charge is 0.459 e. The number of aldehydes is 1. The molecule has 13 heteroatoms. The van der Waals surface area contributed by atoms with E-state index in [-0.39, 0.29) is 70.4 Å². The summed E-state index contributed by atoms with van der Waals surface area (Å²) in [5.41, 5.74) is 2.95. The van der Waals surface area contributed by atoms with Gasteiger partial charge in [-0.05, 0) is 80.3 Å². The second-order valence-electron chi connectivity index (χ2n) is 14.0. The highest BCUT2D eigenvalue weighted by Crippen LogP contribution is 2.62. The molecule has 6 unspecified atom stereocenters. The second kappa shape index (κ2) is 20.6. The van der Waals surface area contributed by atoms with Gasteiger partial charge in [0.2, 0.25) is 5.79 Å². The van der Waals surface area contributed by atoms with Crippen LogP contribution in [0.4, 0.5) is 4.79 Å². The van der Waals surface area contributed by atoms with E-state index in [4.69, 9.17) is 28.5 Å². The monoisotopic (exact) mass is 764 g/mol. The molecule has 0 aromatic heterocycles. The summed E-state index contributed by atoms with van der Waals surface area (Å²) >= 11 is 0. The number of nitrogens with zero attached hydrogens (tertiary/aromatic N) is 2. The Bertz CT molecular complexity index is 1650. The molecule has 2 aromatic rings. The van der Waals surface area contributed by atoms with Gasteiger partial charge in [0.15, 0.2) is 0 Å². The van der Waals surface area contributed by atoms with Gasteiger partial charge in [-0.1, -0.05) is 42.3 Å². The predicted octanol–water partition coefficient (Wildman–Crippen LogP) is 6.02. The molecule has 1 heterocycles. The molecule has 5 rings (SSSR count). The molecular formula is C42H56N2O11. The Hall–Kier alpha value is -4.27. The van der Waals surface area contributed by atoms with Crippen LogP contribution < -0.4 is 9.47 Å². The van der Waals surface area contributed by atoms with E-state index in [2.05, 4.69) is 17.8 Å². The summed E-state index contributed by atoms with van der Waals surface area (Å²) in [5, 5.41) is 33.7. The number of aliphatic hydroxyl groups excluding tert-OH is 3. The first kappa shape index (κ1) is 41.9. The smallest absolute Gasteiger partial charge is 0.410 e. The Balaban J connectivity index is 1.75. The van der Waals surface area contributed by atoms with Crippen LogP contribution in [0.3, 0.4) is 0 Å². The molecule has 0 bridgehead atoms. The topological polar surface area (TPSA) is 166 Å². The van der Waals surface area contributed by atoms with E-state index in [1.807, 2.05) is 25.1 Å². The van der Waals surface area contributed by atoms with Crippen LogP contribution in [0.1, 0.15) is 73.7 Å². The summed E-state index contributed by atoms with van der Waals surface area (Å²) in [6.45, 7) is 6.60. The number of carbonyl (C=O) groups is 2. The number of hydrogen-bond acceptors (Lipinski definition) is 12. The SMILES string of the molecule is C=CCOC12Oc3ccc(Oc4cccc(C=O)c4)cc3C3C(CCCCO)C(CCCCO)C=C(C(=NOCC)CC1N(CCOCCO)C(=O)OC)C32. The highest BCUT2D eigenvalue weighted by molar-refractivity contribution is 6.03. The van der Waals surface area contributed by atoms with Crippen molar-refractivity contribution in [3.8, 4) is 17.2 Å².